The summed E-state index contributed by atoms with van der Waals surface area (Å²) in [4.78, 5) is 24.3. The molecule has 0 saturated carbocycles. The molecule has 1 aromatic carbocycles. The van der Waals surface area contributed by atoms with E-state index in [2.05, 4.69) is 5.32 Å². The van der Waals surface area contributed by atoms with E-state index in [0.29, 0.717) is 18.2 Å². The molecule has 1 fully saturated rings. The van der Waals surface area contributed by atoms with Crippen LogP contribution in [0.25, 0.3) is 0 Å². The normalized spacial score (nSPS) is 17.6. The summed E-state index contributed by atoms with van der Waals surface area (Å²) in [7, 11) is 0. The molecular weight excluding hydrogens is 299 g/mol. The van der Waals surface area contributed by atoms with E-state index in [1.807, 2.05) is 0 Å². The number of benzene rings is 1. The van der Waals surface area contributed by atoms with Gasteiger partial charge < -0.3 is 20.1 Å². The van der Waals surface area contributed by atoms with Crippen LogP contribution >= 0.6 is 11.8 Å². The second-order valence-electron chi connectivity index (χ2n) is 4.33. The van der Waals surface area contributed by atoms with E-state index in [0.717, 1.165) is 6.07 Å². The van der Waals surface area contributed by atoms with Gasteiger partial charge in [-0.25, -0.2) is 14.0 Å². The van der Waals surface area contributed by atoms with Crippen molar-refractivity contribution in [2.24, 2.45) is 0 Å². The number of thioether (sulfide) groups is 1. The Balaban J connectivity index is 2.06. The molecule has 2 N–H and O–H groups in total. The highest BCUT2D eigenvalue weighted by Gasteiger charge is 2.34. The van der Waals surface area contributed by atoms with Crippen molar-refractivity contribution in [3.05, 3.63) is 24.0 Å². The number of urea groups is 1. The summed E-state index contributed by atoms with van der Waals surface area (Å²) in [5.74, 6) is -0.883. The molecule has 1 heterocycles. The Morgan fingerprint density at radius 2 is 2.33 bits per heavy atom. The fraction of sp³-hybridized carbons (Fsp3) is 0.385. The summed E-state index contributed by atoms with van der Waals surface area (Å²) in [6, 6.07) is 2.65. The van der Waals surface area contributed by atoms with E-state index >= 15 is 0 Å². The second-order valence-corrected chi connectivity index (χ2v) is 5.33. The van der Waals surface area contributed by atoms with Gasteiger partial charge in [0, 0.05) is 17.5 Å². The van der Waals surface area contributed by atoms with Gasteiger partial charge in [0.05, 0.1) is 12.5 Å². The molecule has 1 aliphatic rings. The van der Waals surface area contributed by atoms with E-state index < -0.39 is 23.9 Å². The molecule has 0 unspecified atom stereocenters. The first kappa shape index (κ1) is 15.4. The average Bonchev–Trinajstić information content (AvgIpc) is 2.91. The predicted octanol–water partition coefficient (Wildman–Crippen LogP) is 2.22. The summed E-state index contributed by atoms with van der Waals surface area (Å²) in [6.45, 7) is 2.08. The van der Waals surface area contributed by atoms with Crippen molar-refractivity contribution >= 4 is 29.4 Å². The van der Waals surface area contributed by atoms with Crippen molar-refractivity contribution in [2.75, 3.05) is 23.6 Å². The van der Waals surface area contributed by atoms with Crippen molar-refractivity contribution in [1.82, 2.24) is 4.90 Å². The number of aliphatic carboxylic acids is 1. The standard InChI is InChI=1S/C13H15FN2O4S/c1-2-20-11-4-3-8(5-9(11)14)15-13(19)16-7-21-6-10(16)12(17)18/h3-5,10H,2,6-7H2,1H3,(H,15,19)(H,17,18)/t10-/m0/s1. The van der Waals surface area contributed by atoms with Gasteiger partial charge in [0.25, 0.3) is 0 Å². The van der Waals surface area contributed by atoms with E-state index in [-0.39, 0.29) is 11.4 Å². The van der Waals surface area contributed by atoms with Gasteiger partial charge >= 0.3 is 12.0 Å². The monoisotopic (exact) mass is 314 g/mol. The zero-order valence-corrected chi connectivity index (χ0v) is 12.2. The Bertz CT molecular complexity index is 555. The zero-order chi connectivity index (χ0) is 15.4. The Morgan fingerprint density at radius 1 is 1.57 bits per heavy atom. The molecule has 2 amide bonds. The first-order valence-electron chi connectivity index (χ1n) is 6.33. The molecule has 2 rings (SSSR count). The summed E-state index contributed by atoms with van der Waals surface area (Å²) in [6.07, 6.45) is 0. The lowest BCUT2D eigenvalue weighted by atomic mass is 10.3. The van der Waals surface area contributed by atoms with Crippen molar-refractivity contribution < 1.29 is 23.8 Å². The van der Waals surface area contributed by atoms with Gasteiger partial charge in [0.1, 0.15) is 6.04 Å². The molecule has 6 nitrogen and oxygen atoms in total. The van der Waals surface area contributed by atoms with Crippen LogP contribution in [-0.2, 0) is 4.79 Å². The molecule has 0 bridgehead atoms. The minimum Gasteiger partial charge on any atom is -0.491 e. The van der Waals surface area contributed by atoms with E-state index in [4.69, 9.17) is 9.84 Å². The molecule has 0 aliphatic carbocycles. The van der Waals surface area contributed by atoms with Gasteiger partial charge in [-0.3, -0.25) is 0 Å². The highest BCUT2D eigenvalue weighted by molar-refractivity contribution is 7.99. The van der Waals surface area contributed by atoms with Crippen LogP contribution in [0.1, 0.15) is 6.92 Å². The van der Waals surface area contributed by atoms with Crippen molar-refractivity contribution in [3.63, 3.8) is 0 Å². The number of carboxylic acid groups (broad SMARTS) is 1. The van der Waals surface area contributed by atoms with Gasteiger partial charge in [0.2, 0.25) is 0 Å². The number of carbonyl (C=O) groups is 2. The minimum atomic E-state index is -1.05. The minimum absolute atomic E-state index is 0.107. The van der Waals surface area contributed by atoms with Crippen LogP contribution in [0.3, 0.4) is 0 Å². The number of carboxylic acids is 1. The van der Waals surface area contributed by atoms with Crippen molar-refractivity contribution in [3.8, 4) is 5.75 Å². The van der Waals surface area contributed by atoms with Gasteiger partial charge in [-0.2, -0.15) is 0 Å². The van der Waals surface area contributed by atoms with Gasteiger partial charge in [-0.1, -0.05) is 0 Å². The Labute approximate surface area is 125 Å². The van der Waals surface area contributed by atoms with Crippen molar-refractivity contribution in [1.29, 1.82) is 0 Å². The lowest BCUT2D eigenvalue weighted by molar-refractivity contribution is -0.140. The highest BCUT2D eigenvalue weighted by atomic mass is 32.2. The van der Waals surface area contributed by atoms with Crippen LogP contribution in [0.15, 0.2) is 18.2 Å². The van der Waals surface area contributed by atoms with Crippen molar-refractivity contribution in [2.45, 2.75) is 13.0 Å². The molecule has 1 aliphatic heterocycles. The maximum atomic E-state index is 13.7. The fourth-order valence-electron chi connectivity index (χ4n) is 1.89. The van der Waals surface area contributed by atoms with E-state index in [1.54, 1.807) is 6.92 Å². The Hall–Kier alpha value is -1.96. The summed E-state index contributed by atoms with van der Waals surface area (Å²) in [5.41, 5.74) is 0.252. The third-order valence-corrected chi connectivity index (χ3v) is 3.92. The predicted molar refractivity (Wildman–Crippen MR) is 77.2 cm³/mol. The molecule has 1 atom stereocenters. The molecule has 0 aromatic heterocycles. The summed E-state index contributed by atoms with van der Waals surface area (Å²) in [5, 5.41) is 11.5. The lowest BCUT2D eigenvalue weighted by Crippen LogP contribution is -2.43. The maximum Gasteiger partial charge on any atom is 0.327 e. The number of ether oxygens (including phenoxy) is 1. The largest absolute Gasteiger partial charge is 0.491 e. The Kier molecular flexibility index (Phi) is 4.89. The number of hydrogen-bond acceptors (Lipinski definition) is 4. The quantitative estimate of drug-likeness (QED) is 0.891. The van der Waals surface area contributed by atoms with Gasteiger partial charge in [-0.05, 0) is 19.1 Å². The van der Waals surface area contributed by atoms with E-state index in [1.165, 1.54) is 28.8 Å². The molecule has 1 saturated heterocycles. The molecule has 114 valence electrons. The van der Waals surface area contributed by atoms with Gasteiger partial charge in [-0.15, -0.1) is 11.8 Å². The van der Waals surface area contributed by atoms with Crippen LogP contribution in [0.4, 0.5) is 14.9 Å². The number of nitrogens with one attached hydrogen (secondary N) is 1. The molecule has 21 heavy (non-hydrogen) atoms. The molecule has 8 heteroatoms. The summed E-state index contributed by atoms with van der Waals surface area (Å²) < 4.78 is 18.7. The van der Waals surface area contributed by atoms with Crippen LogP contribution in [0, 0.1) is 5.82 Å². The van der Waals surface area contributed by atoms with Crippen LogP contribution in [-0.4, -0.2) is 46.3 Å². The van der Waals surface area contributed by atoms with Crippen LogP contribution in [0.2, 0.25) is 0 Å². The van der Waals surface area contributed by atoms with Crippen LogP contribution < -0.4 is 10.1 Å². The summed E-state index contributed by atoms with van der Waals surface area (Å²) >= 11 is 1.36. The fourth-order valence-corrected chi connectivity index (χ4v) is 3.04. The zero-order valence-electron chi connectivity index (χ0n) is 11.3. The number of amides is 2. The smallest absolute Gasteiger partial charge is 0.327 e. The molecular formula is C13H15FN2O4S. The highest BCUT2D eigenvalue weighted by Crippen LogP contribution is 2.24. The molecule has 1 aromatic rings. The number of rotatable bonds is 4. The SMILES string of the molecule is CCOc1ccc(NC(=O)N2CSC[C@H]2C(=O)O)cc1F. The molecule has 0 radical (unpaired) electrons. The second kappa shape index (κ2) is 6.66. The first-order valence-corrected chi connectivity index (χ1v) is 7.49. The number of nitrogens with zero attached hydrogens (tertiary/aromatic N) is 1. The number of carbonyl (C=O) groups excluding carboxylic acids is 1. The van der Waals surface area contributed by atoms with E-state index in [9.17, 15) is 14.0 Å². The topological polar surface area (TPSA) is 78.9 Å². The van der Waals surface area contributed by atoms with Gasteiger partial charge in [0.15, 0.2) is 11.6 Å². The maximum absolute atomic E-state index is 13.7. The lowest BCUT2D eigenvalue weighted by Gasteiger charge is -2.21. The third kappa shape index (κ3) is 3.57. The number of anilines is 1. The van der Waals surface area contributed by atoms with Crippen LogP contribution in [0.5, 0.6) is 5.75 Å². The third-order valence-electron chi connectivity index (χ3n) is 2.91. The Morgan fingerprint density at radius 3 is 2.95 bits per heavy atom. The first-order chi connectivity index (χ1) is 10.0. The molecule has 0 spiro atoms. The average molecular weight is 314 g/mol. The number of hydrogen-bond donors (Lipinski definition) is 2. The number of halogens is 1.